The Labute approximate surface area is 143 Å². The molecule has 2 amide bonds. The summed E-state index contributed by atoms with van der Waals surface area (Å²) in [5.41, 5.74) is 7.82. The predicted molar refractivity (Wildman–Crippen MR) is 92.4 cm³/mol. The predicted octanol–water partition coefficient (Wildman–Crippen LogP) is 2.04. The van der Waals surface area contributed by atoms with Crippen molar-refractivity contribution in [3.8, 4) is 0 Å². The first-order valence-electron chi connectivity index (χ1n) is 7.66. The van der Waals surface area contributed by atoms with Crippen molar-refractivity contribution in [3.63, 3.8) is 0 Å². The number of nitrogens with two attached hydrogens (primary N) is 1. The number of amides is 2. The van der Waals surface area contributed by atoms with Crippen LogP contribution < -0.4 is 16.0 Å². The van der Waals surface area contributed by atoms with Gasteiger partial charge in [-0.1, -0.05) is 12.1 Å². The summed E-state index contributed by atoms with van der Waals surface area (Å²) in [4.78, 5) is 35.6. The quantitative estimate of drug-likeness (QED) is 0.652. The summed E-state index contributed by atoms with van der Waals surface area (Å²) in [7, 11) is 0. The van der Waals surface area contributed by atoms with Crippen molar-refractivity contribution >= 4 is 28.9 Å². The van der Waals surface area contributed by atoms with Crippen LogP contribution in [0.3, 0.4) is 0 Å². The minimum absolute atomic E-state index is 0.0305. The molecule has 128 valence electrons. The first-order chi connectivity index (χ1) is 11.9. The molecule has 1 aliphatic rings. The fourth-order valence-corrected chi connectivity index (χ4v) is 2.74. The zero-order chi connectivity index (χ0) is 18.0. The molecule has 3 rings (SSSR count). The number of nitrogens with zero attached hydrogens (tertiary/aromatic N) is 2. The first-order valence-corrected chi connectivity index (χ1v) is 7.66. The number of benzene rings is 2. The largest absolute Gasteiger partial charge is 0.366 e. The molecule has 1 aliphatic heterocycles. The molecule has 0 radical (unpaired) electrons. The smallest absolute Gasteiger partial charge is 0.269 e. The van der Waals surface area contributed by atoms with Crippen molar-refractivity contribution in [2.24, 2.45) is 5.73 Å². The summed E-state index contributed by atoms with van der Waals surface area (Å²) in [6, 6.07) is 11.2. The third-order valence-corrected chi connectivity index (χ3v) is 4.03. The van der Waals surface area contributed by atoms with Gasteiger partial charge in [0, 0.05) is 37.2 Å². The van der Waals surface area contributed by atoms with E-state index < -0.39 is 10.8 Å². The molecule has 1 heterocycles. The number of carbonyl (C=O) groups is 2. The Hall–Kier alpha value is -3.42. The molecule has 2 aromatic rings. The molecule has 0 bridgehead atoms. The van der Waals surface area contributed by atoms with Crippen LogP contribution in [0.1, 0.15) is 22.3 Å². The number of nitrogens with one attached hydrogen (secondary N) is 1. The monoisotopic (exact) mass is 340 g/mol. The summed E-state index contributed by atoms with van der Waals surface area (Å²) >= 11 is 0. The molecule has 0 atom stereocenters. The van der Waals surface area contributed by atoms with Gasteiger partial charge in [-0.3, -0.25) is 19.7 Å². The maximum Gasteiger partial charge on any atom is 0.269 e. The van der Waals surface area contributed by atoms with Crippen LogP contribution in [0.4, 0.5) is 17.1 Å². The fourth-order valence-electron chi connectivity index (χ4n) is 2.74. The average Bonchev–Trinajstić information content (AvgIpc) is 2.73. The third kappa shape index (κ3) is 3.57. The molecule has 25 heavy (non-hydrogen) atoms. The van der Waals surface area contributed by atoms with E-state index in [1.165, 1.54) is 12.1 Å². The number of non-ortho nitro benzene ring substituents is 1. The van der Waals surface area contributed by atoms with E-state index in [2.05, 4.69) is 5.32 Å². The molecular formula is C17H16N4O4. The van der Waals surface area contributed by atoms with Crippen LogP contribution in [-0.4, -0.2) is 23.3 Å². The highest BCUT2D eigenvalue weighted by molar-refractivity contribution is 6.00. The van der Waals surface area contributed by atoms with Crippen LogP contribution in [0, 0.1) is 10.1 Å². The molecule has 0 unspecified atom stereocenters. The normalized spacial score (nSPS) is 13.6. The Kier molecular flexibility index (Phi) is 4.34. The Balaban J connectivity index is 1.90. The van der Waals surface area contributed by atoms with Crippen molar-refractivity contribution in [3.05, 3.63) is 63.7 Å². The van der Waals surface area contributed by atoms with E-state index in [0.717, 1.165) is 11.3 Å². The van der Waals surface area contributed by atoms with Gasteiger partial charge in [-0.05, 0) is 23.8 Å². The van der Waals surface area contributed by atoms with E-state index in [4.69, 9.17) is 5.73 Å². The van der Waals surface area contributed by atoms with Crippen molar-refractivity contribution < 1.29 is 14.5 Å². The Morgan fingerprint density at radius 3 is 2.60 bits per heavy atom. The number of rotatable bonds is 4. The van der Waals surface area contributed by atoms with Gasteiger partial charge in [-0.25, -0.2) is 0 Å². The molecule has 0 spiro atoms. The second-order valence-electron chi connectivity index (χ2n) is 5.74. The lowest BCUT2D eigenvalue weighted by atomic mass is 10.1. The summed E-state index contributed by atoms with van der Waals surface area (Å²) in [6.45, 7) is 0.974. The van der Waals surface area contributed by atoms with E-state index in [0.29, 0.717) is 30.8 Å². The van der Waals surface area contributed by atoms with Crippen molar-refractivity contribution in [1.29, 1.82) is 0 Å². The average molecular weight is 340 g/mol. The van der Waals surface area contributed by atoms with Gasteiger partial charge >= 0.3 is 0 Å². The van der Waals surface area contributed by atoms with Crippen LogP contribution >= 0.6 is 0 Å². The van der Waals surface area contributed by atoms with Crippen LogP contribution in [0.2, 0.25) is 0 Å². The summed E-state index contributed by atoms with van der Waals surface area (Å²) in [5, 5.41) is 13.5. The van der Waals surface area contributed by atoms with Gasteiger partial charge in [0.1, 0.15) is 0 Å². The van der Waals surface area contributed by atoms with E-state index in [1.54, 1.807) is 30.3 Å². The number of nitro benzene ring substituents is 1. The van der Waals surface area contributed by atoms with Crippen LogP contribution in [0.25, 0.3) is 0 Å². The van der Waals surface area contributed by atoms with E-state index in [-0.39, 0.29) is 11.6 Å². The van der Waals surface area contributed by atoms with Gasteiger partial charge in [0.25, 0.3) is 5.69 Å². The molecule has 2 aromatic carbocycles. The minimum atomic E-state index is -0.566. The number of nitro groups is 1. The molecule has 3 N–H and O–H groups in total. The number of primary amides is 1. The summed E-state index contributed by atoms with van der Waals surface area (Å²) in [6.07, 6.45) is 0.299. The van der Waals surface area contributed by atoms with Gasteiger partial charge in [0.15, 0.2) is 0 Å². The SMILES string of the molecule is NC(=O)c1ccc2c(c1)NC(=O)CCN2Cc1ccc([N+](=O)[O-])cc1. The lowest BCUT2D eigenvalue weighted by Crippen LogP contribution is -2.24. The van der Waals surface area contributed by atoms with Crippen molar-refractivity contribution in [2.75, 3.05) is 16.8 Å². The molecule has 0 saturated carbocycles. The second-order valence-corrected chi connectivity index (χ2v) is 5.74. The molecule has 0 fully saturated rings. The maximum atomic E-state index is 11.9. The number of hydrogen-bond donors (Lipinski definition) is 2. The van der Waals surface area contributed by atoms with Gasteiger partial charge in [-0.2, -0.15) is 0 Å². The van der Waals surface area contributed by atoms with Gasteiger partial charge in [0.2, 0.25) is 11.8 Å². The summed E-state index contributed by atoms with van der Waals surface area (Å²) in [5.74, 6) is -0.711. The van der Waals surface area contributed by atoms with Gasteiger partial charge < -0.3 is 16.0 Å². The zero-order valence-corrected chi connectivity index (χ0v) is 13.3. The number of anilines is 2. The topological polar surface area (TPSA) is 119 Å². The molecule has 8 nitrogen and oxygen atoms in total. The summed E-state index contributed by atoms with van der Waals surface area (Å²) < 4.78 is 0. The maximum absolute atomic E-state index is 11.9. The second kappa shape index (κ2) is 6.60. The minimum Gasteiger partial charge on any atom is -0.366 e. The number of fused-ring (bicyclic) bond motifs is 1. The Bertz CT molecular complexity index is 848. The Morgan fingerprint density at radius 1 is 1.24 bits per heavy atom. The van der Waals surface area contributed by atoms with E-state index >= 15 is 0 Å². The highest BCUT2D eigenvalue weighted by atomic mass is 16.6. The van der Waals surface area contributed by atoms with Crippen molar-refractivity contribution in [2.45, 2.75) is 13.0 Å². The van der Waals surface area contributed by atoms with Crippen LogP contribution in [0.15, 0.2) is 42.5 Å². The van der Waals surface area contributed by atoms with Gasteiger partial charge in [-0.15, -0.1) is 0 Å². The van der Waals surface area contributed by atoms with E-state index in [1.807, 2.05) is 4.90 Å². The highest BCUT2D eigenvalue weighted by Crippen LogP contribution is 2.31. The highest BCUT2D eigenvalue weighted by Gasteiger charge is 2.20. The van der Waals surface area contributed by atoms with Crippen LogP contribution in [0.5, 0.6) is 0 Å². The number of hydrogen-bond acceptors (Lipinski definition) is 5. The molecule has 0 aliphatic carbocycles. The third-order valence-electron chi connectivity index (χ3n) is 4.03. The van der Waals surface area contributed by atoms with Gasteiger partial charge in [0.05, 0.1) is 16.3 Å². The Morgan fingerprint density at radius 2 is 1.96 bits per heavy atom. The zero-order valence-electron chi connectivity index (χ0n) is 13.3. The molecule has 8 heteroatoms. The molecular weight excluding hydrogens is 324 g/mol. The molecule has 0 aromatic heterocycles. The van der Waals surface area contributed by atoms with E-state index in [9.17, 15) is 19.7 Å². The number of carbonyl (C=O) groups excluding carboxylic acids is 2. The van der Waals surface area contributed by atoms with Crippen molar-refractivity contribution in [1.82, 2.24) is 0 Å². The van der Waals surface area contributed by atoms with Crippen LogP contribution in [-0.2, 0) is 11.3 Å². The lowest BCUT2D eigenvalue weighted by Gasteiger charge is -2.24. The fraction of sp³-hybridized carbons (Fsp3) is 0.176. The first kappa shape index (κ1) is 16.4. The standard InChI is InChI=1S/C17H16N4O4/c18-17(23)12-3-6-15-14(9-12)19-16(22)7-8-20(15)10-11-1-4-13(5-2-11)21(24)25/h1-6,9H,7-8,10H2,(H2,18,23)(H,19,22). The molecule has 0 saturated heterocycles. The lowest BCUT2D eigenvalue weighted by molar-refractivity contribution is -0.384.